The number of hydrazine groups is 1. The minimum absolute atomic E-state index is 0.0480. The lowest BCUT2D eigenvalue weighted by molar-refractivity contribution is -0.169. The molecule has 0 radical (unpaired) electrons. The van der Waals surface area contributed by atoms with Crippen molar-refractivity contribution in [2.24, 2.45) is 11.3 Å². The van der Waals surface area contributed by atoms with E-state index >= 15 is 0 Å². The molecule has 1 saturated heterocycles. The molecule has 11 heteroatoms. The lowest BCUT2D eigenvalue weighted by Crippen LogP contribution is -2.61. The van der Waals surface area contributed by atoms with Crippen LogP contribution in [0.3, 0.4) is 0 Å². The van der Waals surface area contributed by atoms with Crippen molar-refractivity contribution in [3.63, 3.8) is 0 Å². The molecule has 11 nitrogen and oxygen atoms in total. The number of nitrogens with zero attached hydrogens (tertiary/aromatic N) is 2. The van der Waals surface area contributed by atoms with Crippen molar-refractivity contribution in [2.75, 3.05) is 13.7 Å². The van der Waals surface area contributed by atoms with E-state index in [9.17, 15) is 19.2 Å². The molecule has 242 valence electrons. The van der Waals surface area contributed by atoms with E-state index in [-0.39, 0.29) is 29.9 Å². The fourth-order valence-corrected chi connectivity index (χ4v) is 6.37. The average molecular weight is 620 g/mol. The van der Waals surface area contributed by atoms with Gasteiger partial charge in [0.15, 0.2) is 6.10 Å². The Kier molecular flexibility index (Phi) is 9.88. The van der Waals surface area contributed by atoms with E-state index < -0.39 is 35.5 Å². The maximum absolute atomic E-state index is 14.0. The number of esters is 1. The molecular formula is C34H45N5O6. The summed E-state index contributed by atoms with van der Waals surface area (Å²) in [6, 6.07) is 7.90. The third-order valence-electron chi connectivity index (χ3n) is 9.30. The molecule has 1 aromatic carbocycles. The van der Waals surface area contributed by atoms with E-state index in [0.29, 0.717) is 50.8 Å². The number of rotatable bonds is 2. The highest BCUT2D eigenvalue weighted by Crippen LogP contribution is 2.41. The number of amides is 3. The van der Waals surface area contributed by atoms with E-state index in [1.54, 1.807) is 14.0 Å². The summed E-state index contributed by atoms with van der Waals surface area (Å²) in [6.45, 7) is 7.48. The van der Waals surface area contributed by atoms with E-state index in [1.807, 2.05) is 63.3 Å². The van der Waals surface area contributed by atoms with Crippen LogP contribution in [0.2, 0.25) is 0 Å². The Balaban J connectivity index is 1.53. The number of cyclic esters (lactones) is 1. The van der Waals surface area contributed by atoms with Crippen molar-refractivity contribution in [3.05, 3.63) is 47.7 Å². The van der Waals surface area contributed by atoms with Crippen LogP contribution in [0.5, 0.6) is 0 Å². The van der Waals surface area contributed by atoms with Gasteiger partial charge in [0.1, 0.15) is 12.1 Å². The largest absolute Gasteiger partial charge is 0.451 e. The van der Waals surface area contributed by atoms with Crippen molar-refractivity contribution in [2.45, 2.75) is 96.6 Å². The van der Waals surface area contributed by atoms with Gasteiger partial charge in [-0.25, -0.2) is 5.43 Å². The number of methoxy groups -OCH3 is 1. The van der Waals surface area contributed by atoms with Gasteiger partial charge in [-0.2, -0.15) is 0 Å². The van der Waals surface area contributed by atoms with Crippen molar-refractivity contribution in [1.29, 1.82) is 0 Å². The molecule has 1 aliphatic carbocycles. The predicted molar refractivity (Wildman–Crippen MR) is 169 cm³/mol. The number of ether oxygens (including phenoxy) is 2. The number of hydrogen-bond donors (Lipinski definition) is 3. The molecule has 2 fully saturated rings. The summed E-state index contributed by atoms with van der Waals surface area (Å²) in [5, 5.41) is 8.14. The molecular weight excluding hydrogens is 574 g/mol. The van der Waals surface area contributed by atoms with Crippen LogP contribution in [0.1, 0.15) is 83.5 Å². The molecule has 3 N–H and O–H groups in total. The van der Waals surface area contributed by atoms with Gasteiger partial charge in [-0.15, -0.1) is 0 Å². The number of carbonyl (C=O) groups excluding carboxylic acids is 4. The van der Waals surface area contributed by atoms with Gasteiger partial charge in [-0.3, -0.25) is 29.2 Å². The third kappa shape index (κ3) is 7.20. The lowest BCUT2D eigenvalue weighted by atomic mass is 9.72. The molecule has 3 amide bonds. The van der Waals surface area contributed by atoms with Crippen LogP contribution in [0, 0.1) is 11.3 Å². The fourth-order valence-electron chi connectivity index (χ4n) is 6.37. The summed E-state index contributed by atoms with van der Waals surface area (Å²) in [6.07, 6.45) is 6.33. The quantitative estimate of drug-likeness (QED) is 0.434. The number of fused-ring (bicyclic) bond motifs is 4. The Hall–Kier alpha value is -3.83. The summed E-state index contributed by atoms with van der Waals surface area (Å²) in [5.41, 5.74) is 4.44. The first kappa shape index (κ1) is 32.6. The van der Waals surface area contributed by atoms with Gasteiger partial charge < -0.3 is 20.1 Å². The maximum Gasteiger partial charge on any atom is 0.316 e. The monoisotopic (exact) mass is 619 g/mol. The van der Waals surface area contributed by atoms with Crippen LogP contribution in [0.25, 0.3) is 17.0 Å². The smallest absolute Gasteiger partial charge is 0.316 e. The third-order valence-corrected chi connectivity index (χ3v) is 9.30. The number of aromatic nitrogens is 1. The van der Waals surface area contributed by atoms with Crippen LogP contribution < -0.4 is 16.1 Å². The first-order chi connectivity index (χ1) is 21.5. The Bertz CT molecular complexity index is 1470. The molecule has 45 heavy (non-hydrogen) atoms. The van der Waals surface area contributed by atoms with Gasteiger partial charge in [-0.05, 0) is 76.0 Å². The second-order valence-corrected chi connectivity index (χ2v) is 13.0. The van der Waals surface area contributed by atoms with E-state index in [0.717, 1.165) is 16.5 Å². The van der Waals surface area contributed by atoms with Crippen molar-refractivity contribution >= 4 is 40.7 Å². The van der Waals surface area contributed by atoms with Crippen LogP contribution in [-0.2, 0) is 28.7 Å². The number of hydrogen-bond acceptors (Lipinski definition) is 8. The summed E-state index contributed by atoms with van der Waals surface area (Å²) < 4.78 is 11.6. The van der Waals surface area contributed by atoms with Gasteiger partial charge in [0.25, 0.3) is 11.8 Å². The SMILES string of the molecule is COC1CCC2(/C=C/c3ccc4ccc(nc4c3)[C@@H](C)NC(=O)[C@@H]3CCCN(N3)C(=O)[C@H](C)NC(=O)C(C(C)C)OC2=O)CC1. The molecule has 1 saturated carbocycles. The van der Waals surface area contributed by atoms with Crippen molar-refractivity contribution in [3.8, 4) is 0 Å². The second kappa shape index (κ2) is 13.7. The Morgan fingerprint density at radius 1 is 0.978 bits per heavy atom. The topological polar surface area (TPSA) is 139 Å². The van der Waals surface area contributed by atoms with Crippen molar-refractivity contribution in [1.82, 2.24) is 26.1 Å². The van der Waals surface area contributed by atoms with E-state index in [2.05, 4.69) is 16.1 Å². The number of pyridine rings is 1. The highest BCUT2D eigenvalue weighted by Gasteiger charge is 2.44. The Morgan fingerprint density at radius 3 is 2.40 bits per heavy atom. The Labute approximate surface area is 264 Å². The summed E-state index contributed by atoms with van der Waals surface area (Å²) >= 11 is 0. The average Bonchev–Trinajstić information content (AvgIpc) is 3.04. The highest BCUT2D eigenvalue weighted by molar-refractivity contribution is 5.92. The number of nitrogens with one attached hydrogen (secondary N) is 3. The summed E-state index contributed by atoms with van der Waals surface area (Å²) in [5.74, 6) is -1.95. The molecule has 3 heterocycles. The van der Waals surface area contributed by atoms with Gasteiger partial charge >= 0.3 is 5.97 Å². The molecule has 3 aliphatic rings. The molecule has 5 bridgehead atoms. The van der Waals surface area contributed by atoms with Crippen LogP contribution >= 0.6 is 0 Å². The van der Waals surface area contributed by atoms with Crippen LogP contribution in [0.15, 0.2) is 36.4 Å². The van der Waals surface area contributed by atoms with Gasteiger partial charge in [0.05, 0.1) is 28.8 Å². The van der Waals surface area contributed by atoms with Gasteiger partial charge in [0, 0.05) is 19.0 Å². The van der Waals surface area contributed by atoms with Gasteiger partial charge in [0.2, 0.25) is 5.91 Å². The zero-order valence-electron chi connectivity index (χ0n) is 26.8. The normalized spacial score (nSPS) is 31.1. The fraction of sp³-hybridized carbons (Fsp3) is 0.559. The summed E-state index contributed by atoms with van der Waals surface area (Å²) in [4.78, 5) is 59.0. The zero-order chi connectivity index (χ0) is 32.3. The number of carbonyl (C=O) groups is 4. The molecule has 2 aliphatic heterocycles. The minimum atomic E-state index is -1.09. The lowest BCUT2D eigenvalue weighted by Gasteiger charge is -2.37. The molecule has 1 aromatic heterocycles. The molecule has 2 aromatic rings. The maximum atomic E-state index is 14.0. The molecule has 5 rings (SSSR count). The van der Waals surface area contributed by atoms with Crippen LogP contribution in [0.4, 0.5) is 0 Å². The predicted octanol–water partition coefficient (Wildman–Crippen LogP) is 3.58. The second-order valence-electron chi connectivity index (χ2n) is 13.0. The van der Waals surface area contributed by atoms with E-state index in [1.165, 1.54) is 5.01 Å². The molecule has 1 spiro atoms. The summed E-state index contributed by atoms with van der Waals surface area (Å²) in [7, 11) is 1.68. The zero-order valence-corrected chi connectivity index (χ0v) is 26.8. The van der Waals surface area contributed by atoms with Crippen LogP contribution in [-0.4, -0.2) is 71.6 Å². The first-order valence-electron chi connectivity index (χ1n) is 16.0. The van der Waals surface area contributed by atoms with E-state index in [4.69, 9.17) is 14.5 Å². The molecule has 4 atom stereocenters. The Morgan fingerprint density at radius 2 is 1.69 bits per heavy atom. The highest BCUT2D eigenvalue weighted by atomic mass is 16.6. The molecule has 1 unspecified atom stereocenters. The standard InChI is InChI=1S/C34H45N5O6/c1-20(2)29-31(41)36-22(4)32(42)39-18-6-7-27(38-39)30(40)35-21(3)26-11-10-24-9-8-23(19-28(24)37-26)12-15-34(33(43)45-29)16-13-25(44-5)14-17-34/h8-12,15,19-22,25,27,29,38H,6-7,13-14,16-18H2,1-5H3,(H,35,40)(H,36,41)/b15-12+/t21-,22+,25?,27+,29?,34?/m1/s1. The number of benzene rings is 1. The van der Waals surface area contributed by atoms with Gasteiger partial charge in [-0.1, -0.05) is 44.2 Å². The first-order valence-corrected chi connectivity index (χ1v) is 16.0. The minimum Gasteiger partial charge on any atom is -0.451 e. The van der Waals surface area contributed by atoms with Crippen molar-refractivity contribution < 1.29 is 28.7 Å².